The lowest BCUT2D eigenvalue weighted by molar-refractivity contribution is 0.117. The fourth-order valence-corrected chi connectivity index (χ4v) is 3.31. The number of hydrogen-bond donors (Lipinski definition) is 1. The molecule has 0 amide bonds. The Hall–Kier alpha value is -1.84. The van der Waals surface area contributed by atoms with Crippen LogP contribution in [-0.4, -0.2) is 11.7 Å². The van der Waals surface area contributed by atoms with Gasteiger partial charge in [-0.25, -0.2) is 0 Å². The van der Waals surface area contributed by atoms with Crippen LogP contribution in [0.2, 0.25) is 0 Å². The van der Waals surface area contributed by atoms with Crippen LogP contribution in [-0.2, 0) is 18.0 Å². The third-order valence-corrected chi connectivity index (χ3v) is 4.47. The topological polar surface area (TPSA) is 38.7 Å². The Morgan fingerprint density at radius 2 is 1.90 bits per heavy atom. The van der Waals surface area contributed by atoms with Crippen LogP contribution in [0.5, 0.6) is 5.75 Å². The average Bonchev–Trinajstić information content (AvgIpc) is 3.01. The highest BCUT2D eigenvalue weighted by atomic mass is 16.5. The molecule has 21 heavy (non-hydrogen) atoms. The maximum Gasteiger partial charge on any atom is 0.122 e. The zero-order valence-electron chi connectivity index (χ0n) is 11.8. The first-order chi connectivity index (χ1) is 10.3. The fourth-order valence-electron chi connectivity index (χ4n) is 3.31. The first-order valence-electron chi connectivity index (χ1n) is 7.42. The lowest BCUT2D eigenvalue weighted by atomic mass is 9.84. The highest BCUT2D eigenvalue weighted by Crippen LogP contribution is 2.41. The van der Waals surface area contributed by atoms with Crippen molar-refractivity contribution in [1.29, 1.82) is 0 Å². The number of ether oxygens (including phenoxy) is 2. The van der Waals surface area contributed by atoms with Crippen LogP contribution in [0.3, 0.4) is 0 Å². The summed E-state index contributed by atoms with van der Waals surface area (Å²) in [6.45, 7) is 2.00. The minimum atomic E-state index is -0.499. The van der Waals surface area contributed by atoms with Crippen LogP contribution >= 0.6 is 0 Å². The lowest BCUT2D eigenvalue weighted by Crippen LogP contribution is -2.20. The summed E-state index contributed by atoms with van der Waals surface area (Å²) in [5, 5.41) is 10.8. The fraction of sp³-hybridized carbons (Fsp3) is 0.333. The van der Waals surface area contributed by atoms with Crippen molar-refractivity contribution in [2.45, 2.75) is 31.7 Å². The van der Waals surface area contributed by atoms with Crippen LogP contribution in [0.15, 0.2) is 42.5 Å². The van der Waals surface area contributed by atoms with Gasteiger partial charge in [0, 0.05) is 11.5 Å². The Morgan fingerprint density at radius 1 is 1.05 bits per heavy atom. The minimum Gasteiger partial charge on any atom is -0.493 e. The van der Waals surface area contributed by atoms with Crippen LogP contribution in [0.25, 0.3) is 0 Å². The molecule has 0 fully saturated rings. The molecule has 4 rings (SSSR count). The predicted octanol–water partition coefficient (Wildman–Crippen LogP) is 3.32. The predicted molar refractivity (Wildman–Crippen MR) is 79.2 cm³/mol. The van der Waals surface area contributed by atoms with E-state index in [2.05, 4.69) is 18.2 Å². The summed E-state index contributed by atoms with van der Waals surface area (Å²) in [6, 6.07) is 14.2. The summed E-state index contributed by atoms with van der Waals surface area (Å²) >= 11 is 0. The molecule has 0 saturated carbocycles. The van der Waals surface area contributed by atoms with E-state index in [4.69, 9.17) is 9.47 Å². The largest absolute Gasteiger partial charge is 0.493 e. The van der Waals surface area contributed by atoms with Gasteiger partial charge in [-0.05, 0) is 29.2 Å². The Kier molecular flexibility index (Phi) is 3.17. The number of aliphatic hydroxyl groups is 1. The van der Waals surface area contributed by atoms with Crippen molar-refractivity contribution in [1.82, 2.24) is 0 Å². The van der Waals surface area contributed by atoms with Gasteiger partial charge in [0.1, 0.15) is 5.75 Å². The van der Waals surface area contributed by atoms with Crippen molar-refractivity contribution in [3.05, 3.63) is 64.7 Å². The number of aliphatic hydroxyl groups excluding tert-OH is 1. The molecule has 3 nitrogen and oxygen atoms in total. The summed E-state index contributed by atoms with van der Waals surface area (Å²) < 4.78 is 11.1. The van der Waals surface area contributed by atoms with Crippen molar-refractivity contribution in [3.63, 3.8) is 0 Å². The normalized spacial score (nSPS) is 21.3. The van der Waals surface area contributed by atoms with E-state index in [1.54, 1.807) is 0 Å². The standard InChI is InChI=1S/C18H18O3/c19-18(12-5-6-13-10-20-11-14(13)9-12)16-7-8-21-17-4-2-1-3-15(16)17/h1-6,9,16,18-19H,7-8,10-11H2. The van der Waals surface area contributed by atoms with Crippen molar-refractivity contribution >= 4 is 0 Å². The number of hydrogen-bond acceptors (Lipinski definition) is 3. The molecule has 0 aliphatic carbocycles. The molecule has 0 radical (unpaired) electrons. The van der Waals surface area contributed by atoms with E-state index in [9.17, 15) is 5.11 Å². The van der Waals surface area contributed by atoms with Crippen LogP contribution in [0.1, 0.15) is 40.7 Å². The van der Waals surface area contributed by atoms with Crippen molar-refractivity contribution in [2.24, 2.45) is 0 Å². The molecule has 0 spiro atoms. The molecular formula is C18H18O3. The molecular weight excluding hydrogens is 264 g/mol. The van der Waals surface area contributed by atoms with E-state index in [0.717, 1.165) is 23.3 Å². The molecule has 0 bridgehead atoms. The third-order valence-electron chi connectivity index (χ3n) is 4.47. The minimum absolute atomic E-state index is 0.0929. The Morgan fingerprint density at radius 3 is 2.86 bits per heavy atom. The van der Waals surface area contributed by atoms with Gasteiger partial charge in [-0.3, -0.25) is 0 Å². The monoisotopic (exact) mass is 282 g/mol. The summed E-state index contributed by atoms with van der Waals surface area (Å²) in [7, 11) is 0. The smallest absolute Gasteiger partial charge is 0.122 e. The average molecular weight is 282 g/mol. The maximum absolute atomic E-state index is 10.8. The molecule has 3 heteroatoms. The van der Waals surface area contributed by atoms with Gasteiger partial charge in [-0.2, -0.15) is 0 Å². The van der Waals surface area contributed by atoms with E-state index in [-0.39, 0.29) is 5.92 Å². The zero-order chi connectivity index (χ0) is 14.2. The molecule has 108 valence electrons. The number of fused-ring (bicyclic) bond motifs is 2. The zero-order valence-corrected chi connectivity index (χ0v) is 11.8. The van der Waals surface area contributed by atoms with Gasteiger partial charge >= 0.3 is 0 Å². The van der Waals surface area contributed by atoms with Crippen LogP contribution in [0.4, 0.5) is 0 Å². The summed E-state index contributed by atoms with van der Waals surface area (Å²) in [6.07, 6.45) is 0.340. The second kappa shape index (κ2) is 5.17. The first-order valence-corrected chi connectivity index (χ1v) is 7.42. The van der Waals surface area contributed by atoms with E-state index in [1.807, 2.05) is 24.3 Å². The molecule has 2 heterocycles. The van der Waals surface area contributed by atoms with Crippen LogP contribution in [0, 0.1) is 0 Å². The maximum atomic E-state index is 10.8. The van der Waals surface area contributed by atoms with E-state index in [1.165, 1.54) is 11.1 Å². The molecule has 1 N–H and O–H groups in total. The molecule has 2 aliphatic rings. The van der Waals surface area contributed by atoms with E-state index in [0.29, 0.717) is 19.8 Å². The quantitative estimate of drug-likeness (QED) is 0.918. The molecule has 2 aromatic carbocycles. The highest BCUT2D eigenvalue weighted by molar-refractivity contribution is 5.41. The van der Waals surface area contributed by atoms with Gasteiger partial charge < -0.3 is 14.6 Å². The highest BCUT2D eigenvalue weighted by Gasteiger charge is 2.29. The summed E-state index contributed by atoms with van der Waals surface area (Å²) in [5.74, 6) is 0.993. The van der Waals surface area contributed by atoms with E-state index >= 15 is 0 Å². The molecule has 0 saturated heterocycles. The Labute approximate surface area is 124 Å². The summed E-state index contributed by atoms with van der Waals surface area (Å²) in [4.78, 5) is 0. The van der Waals surface area contributed by atoms with Crippen molar-refractivity contribution < 1.29 is 14.6 Å². The number of para-hydroxylation sites is 1. The molecule has 2 aromatic rings. The van der Waals surface area contributed by atoms with Crippen molar-refractivity contribution in [2.75, 3.05) is 6.61 Å². The van der Waals surface area contributed by atoms with Gasteiger partial charge in [0.2, 0.25) is 0 Å². The summed E-state index contributed by atoms with van der Waals surface area (Å²) in [5.41, 5.74) is 4.51. The van der Waals surface area contributed by atoms with Gasteiger partial charge in [0.15, 0.2) is 0 Å². The van der Waals surface area contributed by atoms with Crippen molar-refractivity contribution in [3.8, 4) is 5.75 Å². The molecule has 0 aromatic heterocycles. The second-order valence-corrected chi connectivity index (χ2v) is 5.75. The Bertz CT molecular complexity index is 665. The van der Waals surface area contributed by atoms with Gasteiger partial charge in [-0.1, -0.05) is 36.4 Å². The third kappa shape index (κ3) is 2.23. The number of benzene rings is 2. The van der Waals surface area contributed by atoms with E-state index < -0.39 is 6.10 Å². The van der Waals surface area contributed by atoms with Gasteiger partial charge in [0.05, 0.1) is 25.9 Å². The SMILES string of the molecule is OC(c1ccc2c(c1)COC2)C1CCOc2ccccc21. The van der Waals surface area contributed by atoms with Crippen LogP contribution < -0.4 is 4.74 Å². The molecule has 2 unspecified atom stereocenters. The number of rotatable bonds is 2. The Balaban J connectivity index is 1.68. The van der Waals surface area contributed by atoms with Gasteiger partial charge in [0.25, 0.3) is 0 Å². The lowest BCUT2D eigenvalue weighted by Gasteiger charge is -2.30. The molecule has 2 atom stereocenters. The van der Waals surface area contributed by atoms with Gasteiger partial charge in [-0.15, -0.1) is 0 Å². The molecule has 2 aliphatic heterocycles. The first kappa shape index (κ1) is 12.9. The second-order valence-electron chi connectivity index (χ2n) is 5.75.